The van der Waals surface area contributed by atoms with Gasteiger partial charge in [-0.1, -0.05) is 144 Å². The third kappa shape index (κ3) is 9.79. The molecule has 0 spiro atoms. The number of nitrogens with one attached hydrogen (secondary N) is 1. The predicted octanol–water partition coefficient (Wildman–Crippen LogP) is 15.9. The van der Waals surface area contributed by atoms with Crippen molar-refractivity contribution in [1.29, 1.82) is 0 Å². The summed E-state index contributed by atoms with van der Waals surface area (Å²) < 4.78 is 0. The van der Waals surface area contributed by atoms with Gasteiger partial charge in [0.05, 0.1) is 0 Å². The fraction of sp³-hybridized carbons (Fsp3) is 0.0714. The van der Waals surface area contributed by atoms with E-state index < -0.39 is 0 Å². The lowest BCUT2D eigenvalue weighted by atomic mass is 10.1. The van der Waals surface area contributed by atoms with Crippen molar-refractivity contribution >= 4 is 69.8 Å². The van der Waals surface area contributed by atoms with Crippen molar-refractivity contribution in [2.75, 3.05) is 15.1 Å². The van der Waals surface area contributed by atoms with Crippen LogP contribution in [0.2, 0.25) is 0 Å². The molecule has 0 heterocycles. The van der Waals surface area contributed by atoms with Crippen molar-refractivity contribution in [1.82, 2.24) is 0 Å². The SMILES string of the molecule is Cc1ccc(Nc2ccc(C=Cc3ccc(N(c4ccc(C)cc4)c4ccc(C=Cc5ccc(N(c6ccc(C)cc6)c6ccc(C)cc6)cc5)cc4)cc3)cc2)cc1. The molecule has 0 saturated heterocycles. The molecule has 8 rings (SSSR count). The highest BCUT2D eigenvalue weighted by Crippen LogP contribution is 2.37. The average Bonchev–Trinajstić information content (AvgIpc) is 3.27. The number of anilines is 8. The zero-order chi connectivity index (χ0) is 40.6. The molecule has 0 aliphatic rings. The van der Waals surface area contributed by atoms with Gasteiger partial charge in [-0.05, 0) is 147 Å². The van der Waals surface area contributed by atoms with Gasteiger partial charge >= 0.3 is 0 Å². The van der Waals surface area contributed by atoms with Gasteiger partial charge in [0.1, 0.15) is 0 Å². The van der Waals surface area contributed by atoms with E-state index in [1.807, 2.05) is 0 Å². The molecule has 1 N–H and O–H groups in total. The van der Waals surface area contributed by atoms with Gasteiger partial charge in [-0.15, -0.1) is 0 Å². The first-order chi connectivity index (χ1) is 28.8. The Morgan fingerprint density at radius 1 is 0.254 bits per heavy atom. The van der Waals surface area contributed by atoms with Gasteiger partial charge in [0.2, 0.25) is 0 Å². The molecule has 0 bridgehead atoms. The van der Waals surface area contributed by atoms with E-state index in [-0.39, 0.29) is 0 Å². The maximum absolute atomic E-state index is 3.48. The van der Waals surface area contributed by atoms with Crippen LogP contribution in [0.5, 0.6) is 0 Å². The van der Waals surface area contributed by atoms with Crippen LogP contribution in [0.3, 0.4) is 0 Å². The van der Waals surface area contributed by atoms with Crippen molar-refractivity contribution in [2.24, 2.45) is 0 Å². The van der Waals surface area contributed by atoms with E-state index in [1.54, 1.807) is 0 Å². The molecule has 0 aliphatic heterocycles. The third-order valence-corrected chi connectivity index (χ3v) is 10.5. The maximum Gasteiger partial charge on any atom is 0.0462 e. The Bertz CT molecular complexity index is 2590. The molecule has 8 aromatic rings. The predicted molar refractivity (Wildman–Crippen MR) is 255 cm³/mol. The Balaban J connectivity index is 0.966. The van der Waals surface area contributed by atoms with Crippen molar-refractivity contribution in [2.45, 2.75) is 27.7 Å². The summed E-state index contributed by atoms with van der Waals surface area (Å²) in [5.41, 5.74) is 18.4. The Labute approximate surface area is 349 Å². The lowest BCUT2D eigenvalue weighted by molar-refractivity contribution is 1.27. The van der Waals surface area contributed by atoms with Crippen LogP contribution in [0.1, 0.15) is 44.5 Å². The quantitative estimate of drug-likeness (QED) is 0.125. The summed E-state index contributed by atoms with van der Waals surface area (Å²) in [5.74, 6) is 0. The molecular formula is C56H49N3. The molecule has 0 saturated carbocycles. The smallest absolute Gasteiger partial charge is 0.0462 e. The van der Waals surface area contributed by atoms with Crippen LogP contribution in [0, 0.1) is 27.7 Å². The van der Waals surface area contributed by atoms with Crippen LogP contribution in [-0.2, 0) is 0 Å². The van der Waals surface area contributed by atoms with E-state index in [0.717, 1.165) is 67.8 Å². The van der Waals surface area contributed by atoms with Crippen LogP contribution < -0.4 is 15.1 Å². The number of hydrogen-bond donors (Lipinski definition) is 1. The molecule has 0 aliphatic carbocycles. The van der Waals surface area contributed by atoms with E-state index >= 15 is 0 Å². The van der Waals surface area contributed by atoms with Gasteiger partial charge in [-0.25, -0.2) is 0 Å². The Morgan fingerprint density at radius 2 is 0.441 bits per heavy atom. The molecule has 0 fully saturated rings. The van der Waals surface area contributed by atoms with Crippen molar-refractivity contribution in [3.05, 3.63) is 239 Å². The molecule has 3 nitrogen and oxygen atoms in total. The second kappa shape index (κ2) is 17.8. The van der Waals surface area contributed by atoms with Gasteiger partial charge in [0.15, 0.2) is 0 Å². The monoisotopic (exact) mass is 763 g/mol. The van der Waals surface area contributed by atoms with E-state index in [4.69, 9.17) is 0 Å². The number of rotatable bonds is 12. The average molecular weight is 764 g/mol. The summed E-state index contributed by atoms with van der Waals surface area (Å²) in [5, 5.41) is 3.48. The largest absolute Gasteiger partial charge is 0.356 e. The summed E-state index contributed by atoms with van der Waals surface area (Å²) in [4.78, 5) is 4.62. The minimum Gasteiger partial charge on any atom is -0.356 e. The second-order valence-electron chi connectivity index (χ2n) is 15.2. The topological polar surface area (TPSA) is 18.5 Å². The van der Waals surface area contributed by atoms with Gasteiger partial charge in [0, 0.05) is 45.5 Å². The zero-order valence-electron chi connectivity index (χ0n) is 34.2. The van der Waals surface area contributed by atoms with Crippen LogP contribution in [0.25, 0.3) is 24.3 Å². The van der Waals surface area contributed by atoms with Crippen molar-refractivity contribution in [3.8, 4) is 0 Å². The lowest BCUT2D eigenvalue weighted by Gasteiger charge is -2.26. The standard InChI is InChI=1S/C56H49N3/c1-41-5-25-49(26-6-41)57-50-27-17-45(18-28-50)13-14-46-21-37-55(38-22-46)59(53-33-11-44(4)12-34-53)56-39-23-48(24-40-56)16-15-47-19-35-54(36-20-47)58(51-29-7-42(2)8-30-51)52-31-9-43(3)10-32-52/h5-40,57H,1-4H3. The molecule has 0 unspecified atom stereocenters. The van der Waals surface area contributed by atoms with Gasteiger partial charge in [-0.3, -0.25) is 0 Å². The fourth-order valence-corrected chi connectivity index (χ4v) is 7.05. The minimum atomic E-state index is 1.07. The highest BCUT2D eigenvalue weighted by Gasteiger charge is 2.14. The maximum atomic E-state index is 3.48. The van der Waals surface area contributed by atoms with Crippen molar-refractivity contribution < 1.29 is 0 Å². The number of aryl methyl sites for hydroxylation is 4. The number of benzene rings is 8. The van der Waals surface area contributed by atoms with Crippen LogP contribution >= 0.6 is 0 Å². The fourth-order valence-electron chi connectivity index (χ4n) is 7.05. The molecule has 8 aromatic carbocycles. The molecule has 0 amide bonds. The molecule has 59 heavy (non-hydrogen) atoms. The molecular weight excluding hydrogens is 715 g/mol. The molecule has 0 radical (unpaired) electrons. The molecule has 288 valence electrons. The highest BCUT2D eigenvalue weighted by molar-refractivity contribution is 5.81. The summed E-state index contributed by atoms with van der Waals surface area (Å²) >= 11 is 0. The summed E-state index contributed by atoms with van der Waals surface area (Å²) in [6.45, 7) is 8.48. The van der Waals surface area contributed by atoms with Crippen LogP contribution in [0.15, 0.2) is 194 Å². The normalized spacial score (nSPS) is 11.3. The van der Waals surface area contributed by atoms with Gasteiger partial charge < -0.3 is 15.1 Å². The second-order valence-corrected chi connectivity index (χ2v) is 15.2. The summed E-state index contributed by atoms with van der Waals surface area (Å²) in [6.07, 6.45) is 8.69. The summed E-state index contributed by atoms with van der Waals surface area (Å²) in [7, 11) is 0. The lowest BCUT2D eigenvalue weighted by Crippen LogP contribution is -2.09. The minimum absolute atomic E-state index is 1.07. The molecule has 0 aromatic heterocycles. The highest BCUT2D eigenvalue weighted by atomic mass is 15.1. The third-order valence-electron chi connectivity index (χ3n) is 10.5. The Kier molecular flexibility index (Phi) is 11.6. The van der Waals surface area contributed by atoms with E-state index in [1.165, 1.54) is 22.3 Å². The van der Waals surface area contributed by atoms with Gasteiger partial charge in [-0.2, -0.15) is 0 Å². The first-order valence-corrected chi connectivity index (χ1v) is 20.2. The summed E-state index contributed by atoms with van der Waals surface area (Å²) in [6, 6.07) is 69.4. The van der Waals surface area contributed by atoms with E-state index in [0.29, 0.717) is 0 Å². The van der Waals surface area contributed by atoms with Crippen LogP contribution in [-0.4, -0.2) is 0 Å². The first-order valence-electron chi connectivity index (χ1n) is 20.2. The number of nitrogens with zero attached hydrogens (tertiary/aromatic N) is 2. The number of hydrogen-bond acceptors (Lipinski definition) is 3. The van der Waals surface area contributed by atoms with Crippen LogP contribution in [0.4, 0.5) is 45.5 Å². The van der Waals surface area contributed by atoms with E-state index in [9.17, 15) is 0 Å². The first kappa shape index (κ1) is 38.5. The Morgan fingerprint density at radius 3 is 0.695 bits per heavy atom. The zero-order valence-corrected chi connectivity index (χ0v) is 34.2. The molecule has 3 heteroatoms. The Hall–Kier alpha value is -7.36. The van der Waals surface area contributed by atoms with Crippen molar-refractivity contribution in [3.63, 3.8) is 0 Å². The van der Waals surface area contributed by atoms with Gasteiger partial charge in [0.25, 0.3) is 0 Å². The molecule has 0 atom stereocenters. The van der Waals surface area contributed by atoms with E-state index in [2.05, 4.69) is 261 Å².